The van der Waals surface area contributed by atoms with Crippen molar-refractivity contribution in [2.75, 3.05) is 33.3 Å². The van der Waals surface area contributed by atoms with Crippen LogP contribution in [0.15, 0.2) is 30.6 Å². The summed E-state index contributed by atoms with van der Waals surface area (Å²) in [5, 5.41) is 6.44. The molecule has 1 aliphatic rings. The molecule has 0 aromatic carbocycles. The molecule has 1 aromatic heterocycles. The number of piperazine rings is 1. The number of carbonyl (C=O) groups is 1. The Balaban J connectivity index is 0.000000217. The van der Waals surface area contributed by atoms with Crippen molar-refractivity contribution in [3.8, 4) is 0 Å². The summed E-state index contributed by atoms with van der Waals surface area (Å²) in [4.78, 5) is 12.7. The number of aromatic nitrogens is 1. The van der Waals surface area contributed by atoms with Crippen LogP contribution >= 0.6 is 0 Å². The van der Waals surface area contributed by atoms with Gasteiger partial charge in [0, 0.05) is 38.6 Å². The zero-order valence-corrected chi connectivity index (χ0v) is 9.56. The van der Waals surface area contributed by atoms with E-state index in [2.05, 4.69) is 20.4 Å². The molecule has 0 radical (unpaired) electrons. The summed E-state index contributed by atoms with van der Waals surface area (Å²) in [5.74, 6) is 0. The van der Waals surface area contributed by atoms with E-state index in [9.17, 15) is 0 Å². The van der Waals surface area contributed by atoms with E-state index in [0.29, 0.717) is 6.47 Å². The number of ether oxygens (including phenoxy) is 1. The number of nitrogens with zero attached hydrogens (tertiary/aromatic N) is 1. The Morgan fingerprint density at radius 3 is 1.62 bits per heavy atom. The second-order valence-corrected chi connectivity index (χ2v) is 2.86. The standard InChI is InChI=1S/C5H5N.C4H10N2.C2H4O2/c1-2-4-6-5-3-1;1-2-6-4-3-5-1;1-4-2-3/h1-5H;5-6H,1-4H2;2H,1H3. The molecule has 2 rings (SSSR count). The molecule has 90 valence electrons. The molecule has 0 bridgehead atoms. The molecule has 2 heterocycles. The molecule has 0 saturated carbocycles. The molecule has 5 nitrogen and oxygen atoms in total. The van der Waals surface area contributed by atoms with Crippen molar-refractivity contribution in [1.29, 1.82) is 0 Å². The van der Waals surface area contributed by atoms with E-state index in [-0.39, 0.29) is 0 Å². The number of hydrogen-bond donors (Lipinski definition) is 2. The van der Waals surface area contributed by atoms with Crippen LogP contribution in [0.3, 0.4) is 0 Å². The predicted octanol–water partition coefficient (Wildman–Crippen LogP) is 0.0500. The first kappa shape index (κ1) is 14.5. The van der Waals surface area contributed by atoms with Crippen molar-refractivity contribution in [3.05, 3.63) is 30.6 Å². The summed E-state index contributed by atoms with van der Waals surface area (Å²) >= 11 is 0. The summed E-state index contributed by atoms with van der Waals surface area (Å²) in [6.07, 6.45) is 3.50. The quantitative estimate of drug-likeness (QED) is 0.661. The molecule has 0 amide bonds. The molecule has 1 aliphatic heterocycles. The Hall–Kier alpha value is -1.46. The zero-order valence-electron chi connectivity index (χ0n) is 9.56. The second-order valence-electron chi connectivity index (χ2n) is 2.86. The van der Waals surface area contributed by atoms with Crippen LogP contribution in [0.1, 0.15) is 0 Å². The maximum absolute atomic E-state index is 8.95. The minimum Gasteiger partial charge on any atom is -0.471 e. The van der Waals surface area contributed by atoms with E-state index < -0.39 is 0 Å². The van der Waals surface area contributed by atoms with Gasteiger partial charge >= 0.3 is 0 Å². The summed E-state index contributed by atoms with van der Waals surface area (Å²) in [5.41, 5.74) is 0. The van der Waals surface area contributed by atoms with Gasteiger partial charge in [-0.25, -0.2) is 0 Å². The maximum Gasteiger partial charge on any atom is 0.292 e. The van der Waals surface area contributed by atoms with Crippen LogP contribution in [-0.2, 0) is 9.53 Å². The van der Waals surface area contributed by atoms with Crippen LogP contribution in [0.5, 0.6) is 0 Å². The van der Waals surface area contributed by atoms with E-state index in [1.807, 2.05) is 18.2 Å². The van der Waals surface area contributed by atoms with Crippen molar-refractivity contribution < 1.29 is 9.53 Å². The molecule has 2 N–H and O–H groups in total. The Morgan fingerprint density at radius 1 is 1.06 bits per heavy atom. The molecule has 1 aromatic rings. The zero-order chi connectivity index (χ0) is 11.9. The Bertz CT molecular complexity index is 190. The normalized spacial score (nSPS) is 13.3. The largest absolute Gasteiger partial charge is 0.471 e. The molecule has 0 unspecified atom stereocenters. The minimum absolute atomic E-state index is 0.375. The number of hydrogen-bond acceptors (Lipinski definition) is 5. The summed E-state index contributed by atoms with van der Waals surface area (Å²) < 4.78 is 3.86. The minimum atomic E-state index is 0.375. The van der Waals surface area contributed by atoms with Gasteiger partial charge in [-0.3, -0.25) is 9.78 Å². The Labute approximate surface area is 96.2 Å². The van der Waals surface area contributed by atoms with E-state index in [1.54, 1.807) is 12.4 Å². The smallest absolute Gasteiger partial charge is 0.292 e. The fourth-order valence-corrected chi connectivity index (χ4v) is 0.916. The number of carbonyl (C=O) groups excluding carboxylic acids is 1. The number of rotatable bonds is 1. The molecule has 1 fully saturated rings. The lowest BCUT2D eigenvalue weighted by Gasteiger charge is -2.11. The molecule has 16 heavy (non-hydrogen) atoms. The van der Waals surface area contributed by atoms with Gasteiger partial charge < -0.3 is 15.4 Å². The first-order valence-corrected chi connectivity index (χ1v) is 5.14. The van der Waals surface area contributed by atoms with E-state index in [1.165, 1.54) is 7.11 Å². The number of nitrogens with one attached hydrogen (secondary N) is 2. The molecule has 1 saturated heterocycles. The third-order valence-corrected chi connectivity index (χ3v) is 1.62. The summed E-state index contributed by atoms with van der Waals surface area (Å²) in [6, 6.07) is 5.72. The van der Waals surface area contributed by atoms with Crippen molar-refractivity contribution in [1.82, 2.24) is 15.6 Å². The lowest BCUT2D eigenvalue weighted by molar-refractivity contribution is -0.126. The fraction of sp³-hybridized carbons (Fsp3) is 0.455. The van der Waals surface area contributed by atoms with Gasteiger partial charge in [0.2, 0.25) is 0 Å². The van der Waals surface area contributed by atoms with Crippen LogP contribution in [0.2, 0.25) is 0 Å². The molecule has 0 atom stereocenters. The highest BCUT2D eigenvalue weighted by Gasteiger charge is 1.91. The van der Waals surface area contributed by atoms with Gasteiger partial charge in [-0.2, -0.15) is 0 Å². The molecular weight excluding hydrogens is 206 g/mol. The van der Waals surface area contributed by atoms with E-state index in [4.69, 9.17) is 4.79 Å². The summed E-state index contributed by atoms with van der Waals surface area (Å²) in [6.45, 7) is 4.93. The van der Waals surface area contributed by atoms with Gasteiger partial charge in [0.15, 0.2) is 0 Å². The van der Waals surface area contributed by atoms with Crippen LogP contribution in [0.25, 0.3) is 0 Å². The van der Waals surface area contributed by atoms with Crippen molar-refractivity contribution in [3.63, 3.8) is 0 Å². The topological polar surface area (TPSA) is 63.2 Å². The first-order chi connectivity index (χ1) is 7.91. The highest BCUT2D eigenvalue weighted by molar-refractivity contribution is 5.36. The van der Waals surface area contributed by atoms with E-state index in [0.717, 1.165) is 26.2 Å². The van der Waals surface area contributed by atoms with E-state index >= 15 is 0 Å². The molecule has 0 aliphatic carbocycles. The number of methoxy groups -OCH3 is 1. The Kier molecular flexibility index (Phi) is 12.3. The van der Waals surface area contributed by atoms with Crippen LogP contribution in [0.4, 0.5) is 0 Å². The first-order valence-electron chi connectivity index (χ1n) is 5.14. The van der Waals surface area contributed by atoms with Gasteiger partial charge in [0.05, 0.1) is 7.11 Å². The lowest BCUT2D eigenvalue weighted by Crippen LogP contribution is -2.39. The Morgan fingerprint density at radius 2 is 1.50 bits per heavy atom. The highest BCUT2D eigenvalue weighted by Crippen LogP contribution is 1.73. The van der Waals surface area contributed by atoms with Gasteiger partial charge in [0.25, 0.3) is 6.47 Å². The average molecular weight is 225 g/mol. The fourth-order valence-electron chi connectivity index (χ4n) is 0.916. The van der Waals surface area contributed by atoms with Crippen molar-refractivity contribution in [2.45, 2.75) is 0 Å². The van der Waals surface area contributed by atoms with Crippen LogP contribution < -0.4 is 10.6 Å². The second kappa shape index (κ2) is 13.5. The maximum atomic E-state index is 8.95. The van der Waals surface area contributed by atoms with Crippen LogP contribution in [-0.4, -0.2) is 44.7 Å². The van der Waals surface area contributed by atoms with Crippen molar-refractivity contribution in [2.24, 2.45) is 0 Å². The SMILES string of the molecule is C1CNCCN1.COC=O.c1ccncc1. The lowest BCUT2D eigenvalue weighted by atomic mass is 10.4. The third kappa shape index (κ3) is 12.5. The molecule has 5 heteroatoms. The van der Waals surface area contributed by atoms with Gasteiger partial charge in [-0.05, 0) is 12.1 Å². The monoisotopic (exact) mass is 225 g/mol. The molecular formula is C11H19N3O2. The third-order valence-electron chi connectivity index (χ3n) is 1.62. The number of pyridine rings is 1. The average Bonchev–Trinajstić information content (AvgIpc) is 2.44. The van der Waals surface area contributed by atoms with Gasteiger partial charge in [-0.1, -0.05) is 6.07 Å². The summed E-state index contributed by atoms with van der Waals surface area (Å²) in [7, 11) is 1.31. The predicted molar refractivity (Wildman–Crippen MR) is 63.0 cm³/mol. The molecule has 0 spiro atoms. The van der Waals surface area contributed by atoms with Gasteiger partial charge in [0.1, 0.15) is 0 Å². The highest BCUT2D eigenvalue weighted by atomic mass is 16.5. The van der Waals surface area contributed by atoms with Gasteiger partial charge in [-0.15, -0.1) is 0 Å². The van der Waals surface area contributed by atoms with Crippen LogP contribution in [0, 0.1) is 0 Å². The van der Waals surface area contributed by atoms with Crippen molar-refractivity contribution >= 4 is 6.47 Å².